The van der Waals surface area contributed by atoms with Gasteiger partial charge in [0, 0.05) is 11.4 Å². The van der Waals surface area contributed by atoms with Gasteiger partial charge in [-0.15, -0.1) is 11.3 Å². The average molecular weight is 233 g/mol. The van der Waals surface area contributed by atoms with E-state index in [0.717, 1.165) is 19.6 Å². The molecule has 0 amide bonds. The summed E-state index contributed by atoms with van der Waals surface area (Å²) in [6.45, 7) is 3.98. The van der Waals surface area contributed by atoms with Gasteiger partial charge in [0.05, 0.1) is 6.61 Å². The fourth-order valence-electron chi connectivity index (χ4n) is 2.01. The van der Waals surface area contributed by atoms with E-state index in [4.69, 9.17) is 4.74 Å². The highest BCUT2D eigenvalue weighted by Crippen LogP contribution is 2.34. The quantitative estimate of drug-likeness (QED) is 0.660. The van der Waals surface area contributed by atoms with E-state index in [1.54, 1.807) is 0 Å². The van der Waals surface area contributed by atoms with Crippen LogP contribution >= 0.6 is 11.3 Å². The molecule has 0 bridgehead atoms. The van der Waals surface area contributed by atoms with Crippen LogP contribution in [-0.2, 0) is 11.2 Å². The van der Waals surface area contributed by atoms with Gasteiger partial charge in [0.15, 0.2) is 0 Å². The molecule has 1 aromatic heterocycles. The topological polar surface area (TPSA) is 21.3 Å². The maximum absolute atomic E-state index is 5.86. The molecule has 6 heteroatoms. The highest BCUT2D eigenvalue weighted by molar-refractivity contribution is 7.10. The lowest BCUT2D eigenvalue weighted by Crippen LogP contribution is -2.49. The molecule has 0 saturated carbocycles. The van der Waals surface area contributed by atoms with E-state index >= 15 is 0 Å². The molecule has 0 spiro atoms. The zero-order valence-electron chi connectivity index (χ0n) is 10.6. The zero-order chi connectivity index (χ0) is 11.8. The van der Waals surface area contributed by atoms with Gasteiger partial charge in [-0.3, -0.25) is 0 Å². The molecule has 2 nitrogen and oxygen atoms in total. The smallest absolute Gasteiger partial charge is 0.106 e. The number of rotatable bonds is 3. The second-order valence-electron chi connectivity index (χ2n) is 5.50. The Morgan fingerprint density at radius 1 is 1.56 bits per heavy atom. The van der Waals surface area contributed by atoms with E-state index in [-0.39, 0.29) is 11.3 Å². The molecule has 1 aromatic rings. The summed E-state index contributed by atoms with van der Waals surface area (Å²) in [5.74, 6) is 0. The van der Waals surface area contributed by atoms with E-state index in [2.05, 4.69) is 41.2 Å². The standard InChI is InChI=1S/C10H18B3NOS/c1-6-5-16-9-7(6)2-3-15-8(9)4-14-10(11,12)13/h5,8,14H,2-4,11-13H2,1H3/t8-/m0/s1. The van der Waals surface area contributed by atoms with Crippen LogP contribution in [0.15, 0.2) is 5.38 Å². The van der Waals surface area contributed by atoms with E-state index in [1.165, 1.54) is 16.0 Å². The lowest BCUT2D eigenvalue weighted by molar-refractivity contribution is 0.0453. The molecule has 0 radical (unpaired) electrons. The van der Waals surface area contributed by atoms with Gasteiger partial charge in [0.25, 0.3) is 0 Å². The molecule has 1 atom stereocenters. The largest absolute Gasteiger partial charge is 0.371 e. The fraction of sp³-hybridized carbons (Fsp3) is 0.600. The molecule has 0 aliphatic carbocycles. The number of hydrogen-bond donors (Lipinski definition) is 1. The Kier molecular flexibility index (Phi) is 3.52. The van der Waals surface area contributed by atoms with Gasteiger partial charge >= 0.3 is 0 Å². The molecule has 1 aliphatic rings. The predicted molar refractivity (Wildman–Crippen MR) is 77.8 cm³/mol. The third-order valence-electron chi connectivity index (χ3n) is 2.92. The maximum Gasteiger partial charge on any atom is 0.106 e. The summed E-state index contributed by atoms with van der Waals surface area (Å²) in [4.78, 5) is 1.43. The van der Waals surface area contributed by atoms with Crippen LogP contribution in [-0.4, -0.2) is 41.9 Å². The lowest BCUT2D eigenvalue weighted by atomic mass is 9.49. The van der Waals surface area contributed by atoms with Crippen LogP contribution in [0.1, 0.15) is 22.1 Å². The van der Waals surface area contributed by atoms with Gasteiger partial charge in [0.2, 0.25) is 0 Å². The first kappa shape index (κ1) is 12.3. The number of fused-ring (bicyclic) bond motifs is 1. The first-order valence-electron chi connectivity index (χ1n) is 5.91. The lowest BCUT2D eigenvalue weighted by Gasteiger charge is -2.28. The molecule has 1 N–H and O–H groups in total. The molecule has 2 heterocycles. The number of hydrogen-bond acceptors (Lipinski definition) is 3. The first-order valence-corrected chi connectivity index (χ1v) is 6.79. The molecule has 1 aliphatic heterocycles. The first-order chi connectivity index (χ1) is 7.47. The Labute approximate surface area is 104 Å². The summed E-state index contributed by atoms with van der Waals surface area (Å²) in [6, 6.07) is 0. The van der Waals surface area contributed by atoms with Crippen molar-refractivity contribution in [2.45, 2.75) is 24.7 Å². The van der Waals surface area contributed by atoms with E-state index in [9.17, 15) is 0 Å². The SMILES string of the molecule is BC(B)(B)NC[C@@H]1OCCc2c(C)csc21. The molecule has 0 fully saturated rings. The summed E-state index contributed by atoms with van der Waals surface area (Å²) in [5, 5.41) is 5.94. The maximum atomic E-state index is 5.86. The van der Waals surface area contributed by atoms with Crippen LogP contribution in [0.2, 0.25) is 0 Å². The fourth-order valence-corrected chi connectivity index (χ4v) is 3.16. The molecule has 16 heavy (non-hydrogen) atoms. The van der Waals surface area contributed by atoms with Crippen molar-refractivity contribution in [3.8, 4) is 0 Å². The van der Waals surface area contributed by atoms with Crippen molar-refractivity contribution in [2.75, 3.05) is 13.2 Å². The highest BCUT2D eigenvalue weighted by atomic mass is 32.1. The van der Waals surface area contributed by atoms with E-state index in [0.29, 0.717) is 0 Å². The second-order valence-corrected chi connectivity index (χ2v) is 6.41. The molecular weight excluding hydrogens is 215 g/mol. The normalized spacial score (nSPS) is 20.7. The van der Waals surface area contributed by atoms with Gasteiger partial charge < -0.3 is 10.1 Å². The zero-order valence-corrected chi connectivity index (χ0v) is 11.4. The van der Waals surface area contributed by atoms with Crippen molar-refractivity contribution in [3.05, 3.63) is 21.4 Å². The number of ether oxygens (including phenoxy) is 1. The van der Waals surface area contributed by atoms with E-state index < -0.39 is 0 Å². The summed E-state index contributed by atoms with van der Waals surface area (Å²) in [7, 11) is 6.57. The minimum Gasteiger partial charge on any atom is -0.371 e. The van der Waals surface area contributed by atoms with Gasteiger partial charge in [-0.25, -0.2) is 0 Å². The number of aryl methyl sites for hydroxylation is 1. The van der Waals surface area contributed by atoms with Crippen LogP contribution in [0.4, 0.5) is 0 Å². The summed E-state index contributed by atoms with van der Waals surface area (Å²) in [5.41, 5.74) is 2.96. The molecule has 0 saturated heterocycles. The molecule has 0 unspecified atom stereocenters. The Morgan fingerprint density at radius 2 is 2.31 bits per heavy atom. The minimum atomic E-state index is 0.160. The average Bonchev–Trinajstić information content (AvgIpc) is 2.57. The van der Waals surface area contributed by atoms with Crippen LogP contribution in [0.3, 0.4) is 0 Å². The third-order valence-corrected chi connectivity index (χ3v) is 4.15. The van der Waals surface area contributed by atoms with Crippen LogP contribution in [0.5, 0.6) is 0 Å². The van der Waals surface area contributed by atoms with Gasteiger partial charge in [-0.2, -0.15) is 0 Å². The predicted octanol–water partition coefficient (Wildman–Crippen LogP) is -1.23. The van der Waals surface area contributed by atoms with Crippen LogP contribution < -0.4 is 5.32 Å². The Hall–Kier alpha value is -0.185. The second kappa shape index (κ2) is 4.59. The third kappa shape index (κ3) is 2.73. The summed E-state index contributed by atoms with van der Waals surface area (Å²) in [6.07, 6.45) is 1.33. The highest BCUT2D eigenvalue weighted by Gasteiger charge is 2.25. The van der Waals surface area contributed by atoms with Crippen LogP contribution in [0, 0.1) is 6.92 Å². The Bertz CT molecular complexity index is 375. The summed E-state index contributed by atoms with van der Waals surface area (Å²) < 4.78 is 5.86. The van der Waals surface area contributed by atoms with Crippen LogP contribution in [0.25, 0.3) is 0 Å². The van der Waals surface area contributed by atoms with Crippen molar-refractivity contribution in [1.29, 1.82) is 0 Å². The van der Waals surface area contributed by atoms with Crippen molar-refractivity contribution in [1.82, 2.24) is 5.32 Å². The Morgan fingerprint density at radius 3 is 3.00 bits per heavy atom. The molecule has 84 valence electrons. The Balaban J connectivity index is 2.08. The van der Waals surface area contributed by atoms with Crippen molar-refractivity contribution < 1.29 is 4.74 Å². The monoisotopic (exact) mass is 233 g/mol. The van der Waals surface area contributed by atoms with Gasteiger partial charge in [0.1, 0.15) is 29.6 Å². The minimum absolute atomic E-state index is 0.160. The number of nitrogens with one attached hydrogen (secondary N) is 1. The van der Waals surface area contributed by atoms with Gasteiger partial charge in [-0.1, -0.05) is 5.24 Å². The van der Waals surface area contributed by atoms with Gasteiger partial charge in [-0.05, 0) is 29.9 Å². The summed E-state index contributed by atoms with van der Waals surface area (Å²) >= 11 is 1.85. The number of thiophene rings is 1. The molecule has 0 aromatic carbocycles. The molecule has 2 rings (SSSR count). The van der Waals surface area contributed by atoms with Crippen molar-refractivity contribution >= 4 is 34.9 Å². The molecular formula is C10H18B3NOS. The van der Waals surface area contributed by atoms with E-state index in [1.807, 2.05) is 11.3 Å². The van der Waals surface area contributed by atoms with Crippen molar-refractivity contribution in [3.63, 3.8) is 0 Å². The van der Waals surface area contributed by atoms with Crippen molar-refractivity contribution in [2.24, 2.45) is 0 Å².